The van der Waals surface area contributed by atoms with Crippen LogP contribution in [0.2, 0.25) is 0 Å². The summed E-state index contributed by atoms with van der Waals surface area (Å²) in [4.78, 5) is 59.3. The third-order valence-corrected chi connectivity index (χ3v) is 8.74. The second-order valence-corrected chi connectivity index (χ2v) is 10.4. The molecule has 3 atom stereocenters. The minimum atomic E-state index is -2.10. The number of nitro groups is 1. The van der Waals surface area contributed by atoms with Gasteiger partial charge in [0.15, 0.2) is 11.2 Å². The van der Waals surface area contributed by atoms with Gasteiger partial charge in [-0.15, -0.1) is 0 Å². The van der Waals surface area contributed by atoms with Crippen LogP contribution in [0.4, 0.5) is 17.1 Å². The van der Waals surface area contributed by atoms with Crippen LogP contribution >= 0.6 is 0 Å². The summed E-state index contributed by atoms with van der Waals surface area (Å²) in [7, 11) is 1.56. The maximum atomic E-state index is 14.8. The number of aromatic nitrogens is 1. The van der Waals surface area contributed by atoms with E-state index >= 15 is 0 Å². The van der Waals surface area contributed by atoms with E-state index in [2.05, 4.69) is 21.7 Å². The number of fused-ring (bicyclic) bond motifs is 6. The Labute approximate surface area is 226 Å². The normalized spacial score (nSPS) is 26.5. The number of non-ortho nitro benzene ring substituents is 1. The number of nitriles is 1. The number of para-hydroxylation sites is 2. The van der Waals surface area contributed by atoms with Gasteiger partial charge in [0.25, 0.3) is 11.6 Å². The number of hydrogen-bond acceptors (Lipinski definition) is 7. The van der Waals surface area contributed by atoms with Crippen LogP contribution < -0.4 is 10.6 Å². The zero-order chi connectivity index (χ0) is 28.0. The van der Waals surface area contributed by atoms with Crippen LogP contribution in [0.15, 0.2) is 72.9 Å². The molecule has 11 nitrogen and oxygen atoms in total. The molecule has 196 valence electrons. The third-order valence-electron chi connectivity index (χ3n) is 8.74. The first-order chi connectivity index (χ1) is 19.2. The zero-order valence-corrected chi connectivity index (χ0v) is 21.0. The molecule has 3 aliphatic heterocycles. The molecule has 2 spiro atoms. The molecule has 1 fully saturated rings. The number of Topliss-reactive ketones (excluding diaryl/α,β-unsaturated/α-hetero) is 1. The minimum absolute atomic E-state index is 0.157. The fraction of sp³-hybridized carbons (Fsp3) is 0.172. The van der Waals surface area contributed by atoms with E-state index in [1.165, 1.54) is 29.3 Å². The predicted molar refractivity (Wildman–Crippen MR) is 143 cm³/mol. The highest BCUT2D eigenvalue weighted by atomic mass is 16.6. The largest absolute Gasteiger partial charge is 0.360 e. The second kappa shape index (κ2) is 7.62. The van der Waals surface area contributed by atoms with Crippen molar-refractivity contribution in [3.63, 3.8) is 0 Å². The van der Waals surface area contributed by atoms with Crippen LogP contribution in [-0.4, -0.2) is 46.0 Å². The number of likely N-dealkylation sites (N-methyl/N-ethyl adjacent to an activating group) is 1. The second-order valence-electron chi connectivity index (χ2n) is 10.4. The van der Waals surface area contributed by atoms with Crippen molar-refractivity contribution in [2.75, 3.05) is 24.2 Å². The van der Waals surface area contributed by atoms with E-state index in [1.54, 1.807) is 55.6 Å². The van der Waals surface area contributed by atoms with Gasteiger partial charge in [0.2, 0.25) is 5.91 Å². The van der Waals surface area contributed by atoms with Gasteiger partial charge in [-0.1, -0.05) is 36.4 Å². The standard InChI is InChI=1S/C29H20N6O5/c1-34-15-27(14-30,24(36)18-13-31-21-8-4-2-6-17(18)21)28(19-7-3-5-9-22(19)32-25(28)37)29(34)20-12-16(35(39)40)10-11-23(20)33-26(29)38/h2-13,31H,15H2,1H3,(H,32,37)(H,33,38)/t27-,28+,29-/m1/s1. The Hall–Kier alpha value is -5.34. The Balaban J connectivity index is 1.62. The number of amides is 2. The van der Waals surface area contributed by atoms with Crippen molar-refractivity contribution in [3.05, 3.63) is 99.7 Å². The summed E-state index contributed by atoms with van der Waals surface area (Å²) in [6, 6.07) is 19.9. The number of nitrogens with zero attached hydrogens (tertiary/aromatic N) is 3. The van der Waals surface area contributed by atoms with Crippen molar-refractivity contribution in [1.29, 1.82) is 5.26 Å². The smallest absolute Gasteiger partial charge is 0.269 e. The molecular weight excluding hydrogens is 512 g/mol. The summed E-state index contributed by atoms with van der Waals surface area (Å²) >= 11 is 0. The molecule has 0 saturated carbocycles. The number of carbonyl (C=O) groups excluding carboxylic acids is 3. The zero-order valence-electron chi connectivity index (χ0n) is 21.0. The lowest BCUT2D eigenvalue weighted by molar-refractivity contribution is -0.385. The van der Waals surface area contributed by atoms with Crippen molar-refractivity contribution in [2.24, 2.45) is 5.41 Å². The Bertz CT molecular complexity index is 1890. The molecule has 0 unspecified atom stereocenters. The van der Waals surface area contributed by atoms with Gasteiger partial charge in [-0.2, -0.15) is 5.26 Å². The van der Waals surface area contributed by atoms with E-state index in [-0.39, 0.29) is 29.0 Å². The van der Waals surface area contributed by atoms with E-state index in [0.717, 1.165) is 0 Å². The lowest BCUT2D eigenvalue weighted by Crippen LogP contribution is -2.65. The molecule has 4 aromatic rings. The first-order valence-electron chi connectivity index (χ1n) is 12.5. The van der Waals surface area contributed by atoms with Gasteiger partial charge in [-0.25, -0.2) is 0 Å². The molecule has 4 heterocycles. The van der Waals surface area contributed by atoms with Crippen LogP contribution in [0.1, 0.15) is 21.5 Å². The maximum Gasteiger partial charge on any atom is 0.269 e. The van der Waals surface area contributed by atoms with Crippen molar-refractivity contribution in [2.45, 2.75) is 11.0 Å². The molecule has 7 rings (SSSR count). The Morgan fingerprint density at radius 2 is 1.70 bits per heavy atom. The average molecular weight is 533 g/mol. The molecule has 0 radical (unpaired) electrons. The minimum Gasteiger partial charge on any atom is -0.360 e. The highest BCUT2D eigenvalue weighted by molar-refractivity contribution is 6.24. The molecular formula is C29H20N6O5. The van der Waals surface area contributed by atoms with Crippen molar-refractivity contribution < 1.29 is 19.3 Å². The number of rotatable bonds is 3. The summed E-state index contributed by atoms with van der Waals surface area (Å²) < 4.78 is 0. The molecule has 0 bridgehead atoms. The molecule has 11 heteroatoms. The fourth-order valence-electron chi connectivity index (χ4n) is 7.27. The fourth-order valence-corrected chi connectivity index (χ4v) is 7.27. The summed E-state index contributed by atoms with van der Waals surface area (Å²) in [6.45, 7) is -0.293. The van der Waals surface area contributed by atoms with Gasteiger partial charge in [-0.05, 0) is 30.8 Å². The molecule has 1 aromatic heterocycles. The number of anilines is 2. The molecule has 40 heavy (non-hydrogen) atoms. The molecule has 0 aliphatic carbocycles. The number of aromatic amines is 1. The summed E-state index contributed by atoms with van der Waals surface area (Å²) in [6.07, 6.45) is 1.51. The van der Waals surface area contributed by atoms with E-state index in [9.17, 15) is 29.8 Å². The summed E-state index contributed by atoms with van der Waals surface area (Å²) in [5.41, 5.74) is -4.48. The van der Waals surface area contributed by atoms with Gasteiger partial charge in [0.1, 0.15) is 11.0 Å². The number of benzene rings is 3. The van der Waals surface area contributed by atoms with E-state index in [4.69, 9.17) is 0 Å². The summed E-state index contributed by atoms with van der Waals surface area (Å²) in [5, 5.41) is 29.0. The monoisotopic (exact) mass is 532 g/mol. The van der Waals surface area contributed by atoms with Crippen molar-refractivity contribution >= 4 is 45.6 Å². The first kappa shape index (κ1) is 23.8. The number of nitrogens with one attached hydrogen (secondary N) is 3. The van der Waals surface area contributed by atoms with E-state index < -0.39 is 38.9 Å². The van der Waals surface area contributed by atoms with Crippen LogP contribution in [0.5, 0.6) is 0 Å². The number of hydrogen-bond donors (Lipinski definition) is 3. The first-order valence-corrected chi connectivity index (χ1v) is 12.5. The maximum absolute atomic E-state index is 14.8. The topological polar surface area (TPSA) is 161 Å². The lowest BCUT2D eigenvalue weighted by Gasteiger charge is -2.44. The van der Waals surface area contributed by atoms with Crippen LogP contribution in [0.3, 0.4) is 0 Å². The molecule has 3 aromatic carbocycles. The van der Waals surface area contributed by atoms with Crippen LogP contribution in [-0.2, 0) is 20.5 Å². The lowest BCUT2D eigenvalue weighted by atomic mass is 9.51. The SMILES string of the molecule is CN1C[C@](C#N)(C(=O)c2c[nH]c3ccccc23)[C@]2(C(=O)Nc3ccccc32)[C@@]12C(=O)Nc1ccc([N+](=O)[O-])cc12. The molecule has 1 saturated heterocycles. The van der Waals surface area contributed by atoms with Gasteiger partial charge >= 0.3 is 0 Å². The van der Waals surface area contributed by atoms with Crippen molar-refractivity contribution in [1.82, 2.24) is 9.88 Å². The van der Waals surface area contributed by atoms with Gasteiger partial charge in [0.05, 0.1) is 11.0 Å². The highest BCUT2D eigenvalue weighted by Crippen LogP contribution is 2.68. The number of carbonyl (C=O) groups is 3. The van der Waals surface area contributed by atoms with E-state index in [1.807, 2.05) is 0 Å². The average Bonchev–Trinajstić information content (AvgIpc) is 3.66. The highest BCUT2D eigenvalue weighted by Gasteiger charge is 2.84. The van der Waals surface area contributed by atoms with E-state index in [0.29, 0.717) is 22.2 Å². The number of H-pyrrole nitrogens is 1. The van der Waals surface area contributed by atoms with Gasteiger partial charge in [-0.3, -0.25) is 29.4 Å². The Morgan fingerprint density at radius 1 is 1.00 bits per heavy atom. The quantitative estimate of drug-likeness (QED) is 0.207. The molecule has 2 amide bonds. The van der Waals surface area contributed by atoms with Gasteiger partial charge < -0.3 is 15.6 Å². The number of ketones is 1. The molecule has 3 aliphatic rings. The summed E-state index contributed by atoms with van der Waals surface area (Å²) in [5.74, 6) is -1.99. The number of likely N-dealkylation sites (tertiary alicyclic amines) is 1. The van der Waals surface area contributed by atoms with Gasteiger partial charge in [0, 0.05) is 58.3 Å². The third kappa shape index (κ3) is 2.41. The predicted octanol–water partition coefficient (Wildman–Crippen LogP) is 3.45. The van der Waals surface area contributed by atoms with Crippen LogP contribution in [0, 0.1) is 26.9 Å². The Morgan fingerprint density at radius 3 is 2.48 bits per heavy atom. The van der Waals surface area contributed by atoms with Crippen molar-refractivity contribution in [3.8, 4) is 6.07 Å². The molecule has 3 N–H and O–H groups in total. The van der Waals surface area contributed by atoms with Crippen LogP contribution in [0.25, 0.3) is 10.9 Å². The number of nitro benzene ring substituents is 1. The Kier molecular flexibility index (Phi) is 4.52.